The van der Waals surface area contributed by atoms with Crippen LogP contribution in [-0.2, 0) is 9.53 Å². The summed E-state index contributed by atoms with van der Waals surface area (Å²) in [7, 11) is 1.68. The summed E-state index contributed by atoms with van der Waals surface area (Å²) in [6.07, 6.45) is 12.4. The van der Waals surface area contributed by atoms with Gasteiger partial charge in [0.2, 0.25) is 11.0 Å². The summed E-state index contributed by atoms with van der Waals surface area (Å²) in [5.74, 6) is 0.766. The van der Waals surface area contributed by atoms with Crippen molar-refractivity contribution in [3.63, 3.8) is 0 Å². The Hall–Kier alpha value is -0.860. The highest BCUT2D eigenvalue weighted by atomic mass is 32.2. The van der Waals surface area contributed by atoms with Gasteiger partial charge in [0.1, 0.15) is 0 Å². The van der Waals surface area contributed by atoms with E-state index >= 15 is 0 Å². The van der Waals surface area contributed by atoms with Crippen LogP contribution < -0.4 is 5.32 Å². The Bertz CT molecular complexity index is 554. The third-order valence-corrected chi connectivity index (χ3v) is 7.53. The molecular weight excluding hydrogens is 380 g/mol. The van der Waals surface area contributed by atoms with Gasteiger partial charge >= 0.3 is 0 Å². The van der Waals surface area contributed by atoms with E-state index in [2.05, 4.69) is 20.4 Å². The first-order valence-electron chi connectivity index (χ1n) is 10.3. The molecule has 1 amide bonds. The van der Waals surface area contributed by atoms with Crippen molar-refractivity contribution in [1.29, 1.82) is 0 Å². The molecule has 27 heavy (non-hydrogen) atoms. The highest BCUT2D eigenvalue weighted by molar-refractivity contribution is 8.01. The minimum atomic E-state index is 0.294. The lowest BCUT2D eigenvalue weighted by molar-refractivity contribution is -0.135. The number of carbonyl (C=O) groups is 1. The number of hydrogen-bond donors (Lipinski definition) is 1. The van der Waals surface area contributed by atoms with Crippen LogP contribution in [0.4, 0.5) is 5.13 Å². The molecule has 0 unspecified atom stereocenters. The molecule has 6 nitrogen and oxygen atoms in total. The maximum atomic E-state index is 13.2. The van der Waals surface area contributed by atoms with Gasteiger partial charge in [0, 0.05) is 25.7 Å². The second-order valence-electron chi connectivity index (χ2n) is 7.47. The van der Waals surface area contributed by atoms with Gasteiger partial charge in [0.25, 0.3) is 0 Å². The number of aromatic nitrogens is 2. The van der Waals surface area contributed by atoms with Crippen molar-refractivity contribution in [2.75, 3.05) is 31.3 Å². The fourth-order valence-electron chi connectivity index (χ4n) is 4.22. The number of hydrogen-bond acceptors (Lipinski definition) is 7. The molecule has 2 aliphatic rings. The van der Waals surface area contributed by atoms with Crippen LogP contribution in [0.2, 0.25) is 0 Å². The third-order valence-electron chi connectivity index (χ3n) is 5.53. The molecule has 0 spiro atoms. The first-order valence-corrected chi connectivity index (χ1v) is 12.1. The van der Waals surface area contributed by atoms with E-state index in [0.29, 0.717) is 36.9 Å². The molecule has 2 aliphatic carbocycles. The van der Waals surface area contributed by atoms with Crippen molar-refractivity contribution in [2.45, 2.75) is 80.6 Å². The summed E-state index contributed by atoms with van der Waals surface area (Å²) in [5, 5.41) is 12.3. The van der Waals surface area contributed by atoms with E-state index in [1.807, 2.05) is 0 Å². The number of nitrogens with one attached hydrogen (secondary N) is 1. The molecule has 2 fully saturated rings. The number of amides is 1. The average molecular weight is 413 g/mol. The molecule has 1 heterocycles. The Morgan fingerprint density at radius 1 is 1.11 bits per heavy atom. The maximum absolute atomic E-state index is 13.2. The highest BCUT2D eigenvalue weighted by Gasteiger charge is 2.32. The Balaban J connectivity index is 1.55. The summed E-state index contributed by atoms with van der Waals surface area (Å²) in [5.41, 5.74) is 0. The van der Waals surface area contributed by atoms with E-state index in [4.69, 9.17) is 4.74 Å². The van der Waals surface area contributed by atoms with Gasteiger partial charge in [-0.15, -0.1) is 10.2 Å². The van der Waals surface area contributed by atoms with Crippen LogP contribution >= 0.6 is 23.1 Å². The van der Waals surface area contributed by atoms with Crippen molar-refractivity contribution < 1.29 is 9.53 Å². The average Bonchev–Trinajstić information content (AvgIpc) is 3.16. The summed E-state index contributed by atoms with van der Waals surface area (Å²) in [6.45, 7) is 1.35. The molecule has 2 saturated carbocycles. The Kier molecular flexibility index (Phi) is 8.67. The van der Waals surface area contributed by atoms with Crippen molar-refractivity contribution in [3.05, 3.63) is 0 Å². The predicted octanol–water partition coefficient (Wildman–Crippen LogP) is 4.18. The largest absolute Gasteiger partial charge is 0.383 e. The molecule has 0 aromatic carbocycles. The Labute approximate surface area is 170 Å². The summed E-state index contributed by atoms with van der Waals surface area (Å²) in [6, 6.07) is 0.909. The van der Waals surface area contributed by atoms with E-state index in [-0.39, 0.29) is 0 Å². The Morgan fingerprint density at radius 2 is 1.74 bits per heavy atom. The molecule has 8 heteroatoms. The molecule has 0 aliphatic heterocycles. The first-order chi connectivity index (χ1) is 13.3. The van der Waals surface area contributed by atoms with Gasteiger partial charge < -0.3 is 15.0 Å². The highest BCUT2D eigenvalue weighted by Crippen LogP contribution is 2.32. The minimum Gasteiger partial charge on any atom is -0.383 e. The number of nitrogens with zero attached hydrogens (tertiary/aromatic N) is 3. The van der Waals surface area contributed by atoms with Crippen LogP contribution in [-0.4, -0.2) is 59.1 Å². The van der Waals surface area contributed by atoms with Crippen molar-refractivity contribution >= 4 is 34.1 Å². The quantitative estimate of drug-likeness (QED) is 0.485. The van der Waals surface area contributed by atoms with Gasteiger partial charge in [-0.2, -0.15) is 0 Å². The molecule has 1 N–H and O–H groups in total. The lowest BCUT2D eigenvalue weighted by Gasteiger charge is -2.41. The standard InChI is InChI=1S/C19H32N4O2S2/c1-25-13-12-20-18-21-22-19(27-18)26-14-17(24)23(15-8-4-2-5-9-15)16-10-6-3-7-11-16/h15-16H,2-14H2,1H3,(H,20,21). The molecule has 0 atom stereocenters. The molecule has 152 valence electrons. The predicted molar refractivity (Wildman–Crippen MR) is 112 cm³/mol. The molecule has 0 saturated heterocycles. The number of thioether (sulfide) groups is 1. The Morgan fingerprint density at radius 3 is 2.33 bits per heavy atom. The number of rotatable bonds is 9. The monoisotopic (exact) mass is 412 g/mol. The number of carbonyl (C=O) groups excluding carboxylic acids is 1. The van der Waals surface area contributed by atoms with Gasteiger partial charge in [0.15, 0.2) is 4.34 Å². The summed E-state index contributed by atoms with van der Waals surface area (Å²) >= 11 is 3.04. The van der Waals surface area contributed by atoms with Gasteiger partial charge in [-0.1, -0.05) is 61.6 Å². The molecule has 0 radical (unpaired) electrons. The van der Waals surface area contributed by atoms with Crippen LogP contribution in [0.15, 0.2) is 4.34 Å². The second-order valence-corrected chi connectivity index (χ2v) is 9.67. The number of ether oxygens (including phenoxy) is 1. The van der Waals surface area contributed by atoms with Crippen molar-refractivity contribution in [3.8, 4) is 0 Å². The topological polar surface area (TPSA) is 67.3 Å². The molecule has 1 aromatic heterocycles. The van der Waals surface area contributed by atoms with E-state index in [1.54, 1.807) is 7.11 Å². The van der Waals surface area contributed by atoms with E-state index in [0.717, 1.165) is 9.47 Å². The van der Waals surface area contributed by atoms with Gasteiger partial charge in [-0.25, -0.2) is 0 Å². The number of anilines is 1. The SMILES string of the molecule is COCCNc1nnc(SCC(=O)N(C2CCCCC2)C2CCCCC2)s1. The van der Waals surface area contributed by atoms with Crippen molar-refractivity contribution in [2.24, 2.45) is 0 Å². The normalized spacial score (nSPS) is 19.1. The zero-order valence-electron chi connectivity index (χ0n) is 16.3. The van der Waals surface area contributed by atoms with E-state index in [9.17, 15) is 4.79 Å². The lowest BCUT2D eigenvalue weighted by atomic mass is 9.88. The van der Waals surface area contributed by atoms with Crippen LogP contribution in [0.25, 0.3) is 0 Å². The smallest absolute Gasteiger partial charge is 0.233 e. The molecular formula is C19H32N4O2S2. The van der Waals surface area contributed by atoms with Gasteiger partial charge in [0.05, 0.1) is 12.4 Å². The van der Waals surface area contributed by atoms with Crippen LogP contribution in [0, 0.1) is 0 Å². The van der Waals surface area contributed by atoms with Gasteiger partial charge in [-0.3, -0.25) is 4.79 Å². The molecule has 3 rings (SSSR count). The lowest BCUT2D eigenvalue weighted by Crippen LogP contribution is -2.49. The second kappa shape index (κ2) is 11.2. The molecule has 0 bridgehead atoms. The summed E-state index contributed by atoms with van der Waals surface area (Å²) < 4.78 is 5.89. The summed E-state index contributed by atoms with van der Waals surface area (Å²) in [4.78, 5) is 15.4. The zero-order chi connectivity index (χ0) is 18.9. The first kappa shape index (κ1) is 20.9. The van der Waals surface area contributed by atoms with Crippen molar-refractivity contribution in [1.82, 2.24) is 15.1 Å². The van der Waals surface area contributed by atoms with Crippen LogP contribution in [0.5, 0.6) is 0 Å². The van der Waals surface area contributed by atoms with Crippen LogP contribution in [0.3, 0.4) is 0 Å². The van der Waals surface area contributed by atoms with E-state index in [1.165, 1.54) is 87.3 Å². The van der Waals surface area contributed by atoms with Gasteiger partial charge in [-0.05, 0) is 25.7 Å². The van der Waals surface area contributed by atoms with E-state index < -0.39 is 0 Å². The third kappa shape index (κ3) is 6.32. The fourth-order valence-corrected chi connectivity index (χ4v) is 5.87. The fraction of sp³-hybridized carbons (Fsp3) is 0.842. The minimum absolute atomic E-state index is 0.294. The van der Waals surface area contributed by atoms with Crippen LogP contribution in [0.1, 0.15) is 64.2 Å². The maximum Gasteiger partial charge on any atom is 0.233 e. The zero-order valence-corrected chi connectivity index (χ0v) is 18.0. The molecule has 1 aromatic rings. The number of methoxy groups -OCH3 is 1.